The lowest BCUT2D eigenvalue weighted by Gasteiger charge is -2.27. The Bertz CT molecular complexity index is 269. The lowest BCUT2D eigenvalue weighted by molar-refractivity contribution is 0.483. The van der Waals surface area contributed by atoms with Crippen molar-refractivity contribution in [3.8, 4) is 0 Å². The zero-order chi connectivity index (χ0) is 9.68. The number of rotatable bonds is 4. The maximum atomic E-state index is 3.99. The van der Waals surface area contributed by atoms with E-state index in [1.54, 1.807) is 0 Å². The highest BCUT2D eigenvalue weighted by Gasteiger charge is 2.10. The second kappa shape index (κ2) is 4.70. The number of nitrogens with zero attached hydrogens (tertiary/aromatic N) is 1. The fourth-order valence-electron chi connectivity index (χ4n) is 1.15. The van der Waals surface area contributed by atoms with Gasteiger partial charge in [0.2, 0.25) is 0 Å². The number of hydrogen-bond acceptors (Lipinski definition) is 1. The highest BCUT2D eigenvalue weighted by atomic mass is 15.1. The predicted molar refractivity (Wildman–Crippen MR) is 58.2 cm³/mol. The van der Waals surface area contributed by atoms with E-state index in [9.17, 15) is 0 Å². The fourth-order valence-corrected chi connectivity index (χ4v) is 1.15. The van der Waals surface area contributed by atoms with Crippen LogP contribution in [0.4, 0.5) is 0 Å². The molecule has 1 rings (SSSR count). The first-order valence-electron chi connectivity index (χ1n) is 4.66. The van der Waals surface area contributed by atoms with Gasteiger partial charge in [-0.2, -0.15) is 0 Å². The molecule has 13 heavy (non-hydrogen) atoms. The van der Waals surface area contributed by atoms with E-state index in [2.05, 4.69) is 24.6 Å². The number of hydrogen-bond donors (Lipinski definition) is 0. The van der Waals surface area contributed by atoms with Crippen LogP contribution in [0.5, 0.6) is 0 Å². The fraction of sp³-hybridized carbons (Fsp3) is 0.333. The van der Waals surface area contributed by atoms with Crippen molar-refractivity contribution in [2.45, 2.75) is 19.8 Å². The van der Waals surface area contributed by atoms with Gasteiger partial charge in [-0.1, -0.05) is 30.9 Å². The minimum Gasteiger partial charge on any atom is -0.349 e. The Morgan fingerprint density at radius 3 is 2.69 bits per heavy atom. The van der Waals surface area contributed by atoms with E-state index < -0.39 is 0 Å². The molecule has 0 bridgehead atoms. The van der Waals surface area contributed by atoms with Crippen molar-refractivity contribution in [1.82, 2.24) is 4.90 Å². The van der Waals surface area contributed by atoms with Crippen molar-refractivity contribution >= 4 is 0 Å². The van der Waals surface area contributed by atoms with Crippen molar-refractivity contribution in [3.05, 3.63) is 48.4 Å². The average Bonchev–Trinajstić information content (AvgIpc) is 2.01. The number of allylic oxidation sites excluding steroid dienone is 6. The largest absolute Gasteiger partial charge is 0.349 e. The minimum atomic E-state index is 1.05. The molecular formula is C12H17N. The van der Waals surface area contributed by atoms with Gasteiger partial charge in [0.1, 0.15) is 0 Å². The van der Waals surface area contributed by atoms with Gasteiger partial charge >= 0.3 is 0 Å². The van der Waals surface area contributed by atoms with Crippen LogP contribution < -0.4 is 0 Å². The summed E-state index contributed by atoms with van der Waals surface area (Å²) in [5, 5.41) is 0. The van der Waals surface area contributed by atoms with Gasteiger partial charge in [0.25, 0.3) is 0 Å². The van der Waals surface area contributed by atoms with Crippen LogP contribution >= 0.6 is 0 Å². The van der Waals surface area contributed by atoms with Crippen LogP contribution in [0, 0.1) is 0 Å². The van der Waals surface area contributed by atoms with E-state index >= 15 is 0 Å². The normalized spacial score (nSPS) is 16.0. The Hall–Kier alpha value is -1.24. The zero-order valence-corrected chi connectivity index (χ0v) is 8.46. The van der Waals surface area contributed by atoms with Crippen LogP contribution in [-0.4, -0.2) is 11.9 Å². The van der Waals surface area contributed by atoms with Crippen LogP contribution in [0.2, 0.25) is 0 Å². The third-order valence-electron chi connectivity index (χ3n) is 2.23. The molecule has 1 heteroatoms. The smallest absolute Gasteiger partial charge is 0.0332 e. The monoisotopic (exact) mass is 175 g/mol. The molecule has 0 N–H and O–H groups in total. The molecule has 0 spiro atoms. The van der Waals surface area contributed by atoms with Gasteiger partial charge in [0, 0.05) is 18.4 Å². The van der Waals surface area contributed by atoms with Gasteiger partial charge < -0.3 is 4.90 Å². The van der Waals surface area contributed by atoms with Gasteiger partial charge in [-0.25, -0.2) is 0 Å². The first-order chi connectivity index (χ1) is 6.25. The lowest BCUT2D eigenvalue weighted by atomic mass is 10.0. The maximum Gasteiger partial charge on any atom is 0.0332 e. The second-order valence-corrected chi connectivity index (χ2v) is 3.17. The van der Waals surface area contributed by atoms with E-state index in [1.165, 1.54) is 18.5 Å². The van der Waals surface area contributed by atoms with E-state index in [4.69, 9.17) is 0 Å². The zero-order valence-electron chi connectivity index (χ0n) is 8.46. The molecule has 1 nitrogen and oxygen atoms in total. The van der Waals surface area contributed by atoms with Crippen LogP contribution in [0.3, 0.4) is 0 Å². The summed E-state index contributed by atoms with van der Waals surface area (Å²) in [6.07, 6.45) is 12.7. The van der Waals surface area contributed by atoms with E-state index in [0.717, 1.165) is 5.70 Å². The molecule has 70 valence electrons. The minimum absolute atomic E-state index is 1.05. The van der Waals surface area contributed by atoms with Crippen LogP contribution in [-0.2, 0) is 0 Å². The molecule has 0 unspecified atom stereocenters. The summed E-state index contributed by atoms with van der Waals surface area (Å²) in [6.45, 7) is 6.00. The summed E-state index contributed by atoms with van der Waals surface area (Å²) < 4.78 is 0. The third kappa shape index (κ3) is 2.62. The first-order valence-corrected chi connectivity index (χ1v) is 4.66. The summed E-state index contributed by atoms with van der Waals surface area (Å²) in [5.41, 5.74) is 2.43. The molecule has 0 atom stereocenters. The first kappa shape index (κ1) is 9.85. The molecular weight excluding hydrogens is 158 g/mol. The van der Waals surface area contributed by atoms with Gasteiger partial charge in [-0.3, -0.25) is 0 Å². The Morgan fingerprint density at radius 1 is 1.54 bits per heavy atom. The van der Waals surface area contributed by atoms with Crippen LogP contribution in [0.1, 0.15) is 19.8 Å². The molecule has 0 radical (unpaired) electrons. The van der Waals surface area contributed by atoms with Crippen LogP contribution in [0.25, 0.3) is 0 Å². The molecule has 0 saturated carbocycles. The summed E-state index contributed by atoms with van der Waals surface area (Å²) in [5.74, 6) is 0. The predicted octanol–water partition coefficient (Wildman–Crippen LogP) is 3.24. The highest BCUT2D eigenvalue weighted by molar-refractivity contribution is 5.24. The second-order valence-electron chi connectivity index (χ2n) is 3.17. The van der Waals surface area contributed by atoms with E-state index in [-0.39, 0.29) is 0 Å². The van der Waals surface area contributed by atoms with Crippen molar-refractivity contribution in [1.29, 1.82) is 0 Å². The van der Waals surface area contributed by atoms with Gasteiger partial charge in [0.15, 0.2) is 0 Å². The molecule has 0 saturated heterocycles. The van der Waals surface area contributed by atoms with Gasteiger partial charge in [0.05, 0.1) is 0 Å². The third-order valence-corrected chi connectivity index (χ3v) is 2.23. The van der Waals surface area contributed by atoms with Crippen molar-refractivity contribution in [2.24, 2.45) is 0 Å². The average molecular weight is 175 g/mol. The molecule has 0 heterocycles. The summed E-state index contributed by atoms with van der Waals surface area (Å²) >= 11 is 0. The SMILES string of the molecule is C=C(/C=C\C=C/C)N(C)C1=CCC1. The summed E-state index contributed by atoms with van der Waals surface area (Å²) in [6, 6.07) is 0. The Morgan fingerprint density at radius 2 is 2.23 bits per heavy atom. The van der Waals surface area contributed by atoms with E-state index in [0.29, 0.717) is 0 Å². The Kier molecular flexibility index (Phi) is 3.56. The summed E-state index contributed by atoms with van der Waals surface area (Å²) in [7, 11) is 2.06. The summed E-state index contributed by atoms with van der Waals surface area (Å²) in [4.78, 5) is 2.14. The lowest BCUT2D eigenvalue weighted by Crippen LogP contribution is -2.18. The molecule has 0 aliphatic heterocycles. The van der Waals surface area contributed by atoms with Crippen molar-refractivity contribution in [3.63, 3.8) is 0 Å². The topological polar surface area (TPSA) is 3.24 Å². The highest BCUT2D eigenvalue weighted by Crippen LogP contribution is 2.23. The number of likely N-dealkylation sites (N-methyl/N-ethyl adjacent to an activating group) is 1. The maximum absolute atomic E-state index is 3.99. The van der Waals surface area contributed by atoms with Crippen molar-refractivity contribution in [2.75, 3.05) is 7.05 Å². The molecule has 0 amide bonds. The molecule has 0 aromatic carbocycles. The standard InChI is InChI=1S/C12H17N/c1-4-5-6-8-11(2)13(3)12-9-7-10-12/h4-6,8-9H,2,7,10H2,1,3H3/b5-4-,8-6-. The van der Waals surface area contributed by atoms with Crippen LogP contribution in [0.15, 0.2) is 48.4 Å². The quantitative estimate of drug-likeness (QED) is 0.593. The molecule has 1 aliphatic rings. The molecule has 0 aromatic rings. The van der Waals surface area contributed by atoms with Gasteiger partial charge in [-0.15, -0.1) is 0 Å². The van der Waals surface area contributed by atoms with E-state index in [1.807, 2.05) is 31.2 Å². The molecule has 0 aromatic heterocycles. The molecule has 0 fully saturated rings. The Balaban J connectivity index is 2.47. The Labute approximate surface area is 80.7 Å². The van der Waals surface area contributed by atoms with Gasteiger partial charge in [-0.05, 0) is 25.8 Å². The molecule has 1 aliphatic carbocycles. The van der Waals surface area contributed by atoms with Crippen molar-refractivity contribution < 1.29 is 0 Å².